The van der Waals surface area contributed by atoms with Crippen molar-refractivity contribution in [3.8, 4) is 0 Å². The highest BCUT2D eigenvalue weighted by atomic mass is 32.2. The van der Waals surface area contributed by atoms with Crippen LogP contribution in [0, 0.1) is 5.41 Å². The number of hydrogen-bond donors (Lipinski definition) is 0. The number of pyridine rings is 1. The van der Waals surface area contributed by atoms with Crippen LogP contribution in [0.25, 0.3) is 0 Å². The molecule has 1 aliphatic heterocycles. The summed E-state index contributed by atoms with van der Waals surface area (Å²) >= 11 is 0. The van der Waals surface area contributed by atoms with E-state index in [9.17, 15) is 13.5 Å². The second-order valence-corrected chi connectivity index (χ2v) is 13.1. The van der Waals surface area contributed by atoms with E-state index in [1.165, 1.54) is 0 Å². The van der Waals surface area contributed by atoms with Gasteiger partial charge in [-0.2, -0.15) is 0 Å². The average Bonchev–Trinajstić information content (AvgIpc) is 2.97. The van der Waals surface area contributed by atoms with Crippen molar-refractivity contribution in [2.75, 3.05) is 24.7 Å². The van der Waals surface area contributed by atoms with E-state index in [4.69, 9.17) is 0 Å². The number of anilines is 1. The molecule has 0 radical (unpaired) electrons. The molecule has 0 bridgehead atoms. The van der Waals surface area contributed by atoms with Gasteiger partial charge in [-0.1, -0.05) is 63.8 Å². The normalized spacial score (nSPS) is 19.9. The fraction of sp³-hybridized carbons (Fsp3) is 0.469. The Morgan fingerprint density at radius 2 is 1.63 bits per heavy atom. The summed E-state index contributed by atoms with van der Waals surface area (Å²) in [7, 11) is 0.247. The lowest BCUT2D eigenvalue weighted by molar-refractivity contribution is -0.688. The average molecular weight is 535 g/mol. The van der Waals surface area contributed by atoms with Crippen molar-refractivity contribution in [3.05, 3.63) is 89.7 Å². The zero-order valence-electron chi connectivity index (χ0n) is 23.3. The van der Waals surface area contributed by atoms with E-state index in [2.05, 4.69) is 30.5 Å². The number of sulfone groups is 1. The molecule has 0 amide bonds. The number of benzene rings is 2. The van der Waals surface area contributed by atoms with E-state index in [1.807, 2.05) is 73.9 Å². The molecule has 0 unspecified atom stereocenters. The molecule has 2 atom stereocenters. The highest BCUT2D eigenvalue weighted by Crippen LogP contribution is 2.49. The van der Waals surface area contributed by atoms with E-state index < -0.39 is 27.3 Å². The third kappa shape index (κ3) is 5.97. The lowest BCUT2D eigenvalue weighted by Gasteiger charge is -2.48. The van der Waals surface area contributed by atoms with Crippen LogP contribution in [0.3, 0.4) is 0 Å². The van der Waals surface area contributed by atoms with Crippen molar-refractivity contribution in [3.63, 3.8) is 0 Å². The quantitative estimate of drug-likeness (QED) is 0.340. The summed E-state index contributed by atoms with van der Waals surface area (Å²) in [5.41, 5.74) is 2.75. The number of rotatable bonds is 10. The van der Waals surface area contributed by atoms with Crippen LogP contribution in [0.4, 0.5) is 5.69 Å². The van der Waals surface area contributed by atoms with Gasteiger partial charge in [-0.3, -0.25) is 0 Å². The summed E-state index contributed by atoms with van der Waals surface area (Å²) in [6, 6.07) is 19.8. The van der Waals surface area contributed by atoms with Crippen LogP contribution in [-0.2, 0) is 16.4 Å². The van der Waals surface area contributed by atoms with Gasteiger partial charge in [-0.15, -0.1) is 6.10 Å². The van der Waals surface area contributed by atoms with Crippen LogP contribution in [-0.4, -0.2) is 34.4 Å². The van der Waals surface area contributed by atoms with Crippen LogP contribution >= 0.6 is 0 Å². The van der Waals surface area contributed by atoms with Crippen molar-refractivity contribution >= 4 is 15.5 Å². The molecule has 4 rings (SSSR count). The van der Waals surface area contributed by atoms with Gasteiger partial charge >= 0.3 is 0 Å². The van der Waals surface area contributed by atoms with Gasteiger partial charge in [0.1, 0.15) is 0 Å². The molecule has 38 heavy (non-hydrogen) atoms. The second-order valence-electron chi connectivity index (χ2n) is 11.1. The summed E-state index contributed by atoms with van der Waals surface area (Å²) in [6.07, 6.45) is 7.86. The van der Waals surface area contributed by atoms with Crippen molar-refractivity contribution in [1.29, 1.82) is 0 Å². The molecule has 0 spiro atoms. The van der Waals surface area contributed by atoms with E-state index in [0.29, 0.717) is 29.8 Å². The topological polar surface area (TPSA) is 64.3 Å². The monoisotopic (exact) mass is 534 g/mol. The Labute approximate surface area is 229 Å². The molecule has 0 aliphatic carbocycles. The van der Waals surface area contributed by atoms with Gasteiger partial charge in [0, 0.05) is 37.5 Å². The SMILES string of the molecule is CCCCC1(CCCC)CS(=O)(=O)c2ccc(N(C)C)cc2[C@@H](c2cccc(C[n+]3ccccc3)c2)[C@H]1[O-]. The fourth-order valence-electron chi connectivity index (χ4n) is 6.00. The molecule has 2 aromatic carbocycles. The molecule has 0 saturated heterocycles. The first-order valence-electron chi connectivity index (χ1n) is 13.9. The van der Waals surface area contributed by atoms with Crippen LogP contribution in [0.2, 0.25) is 0 Å². The van der Waals surface area contributed by atoms with Crippen LogP contribution < -0.4 is 14.6 Å². The second kappa shape index (κ2) is 12.0. The van der Waals surface area contributed by atoms with Crippen LogP contribution in [0.15, 0.2) is 78.0 Å². The van der Waals surface area contributed by atoms with Gasteiger partial charge < -0.3 is 10.0 Å². The predicted octanol–water partition coefficient (Wildman–Crippen LogP) is 5.10. The maximum Gasteiger partial charge on any atom is 0.179 e. The van der Waals surface area contributed by atoms with E-state index in [1.54, 1.807) is 6.07 Å². The molecule has 6 heteroatoms. The lowest BCUT2D eigenvalue weighted by Crippen LogP contribution is -2.51. The molecule has 1 aliphatic rings. The molecule has 5 nitrogen and oxygen atoms in total. The smallest absolute Gasteiger partial charge is 0.179 e. The fourth-order valence-corrected chi connectivity index (χ4v) is 8.18. The largest absolute Gasteiger partial charge is 0.851 e. The summed E-state index contributed by atoms with van der Waals surface area (Å²) in [4.78, 5) is 2.30. The Morgan fingerprint density at radius 1 is 0.947 bits per heavy atom. The van der Waals surface area contributed by atoms with Gasteiger partial charge in [-0.05, 0) is 59.6 Å². The standard InChI is InChI=1S/C32H42N2O3S/c1-5-7-17-32(18-8-6-2)24-38(36,37)29-16-15-27(33(3)4)22-28(29)30(31(32)35)26-14-12-13-25(21-26)23-34-19-10-9-11-20-34/h9-16,19-22,30-31H,5-8,17-18,23-24H2,1-4H3/t30-,31-/m1/s1. The summed E-state index contributed by atoms with van der Waals surface area (Å²) in [5, 5.41) is 14.9. The summed E-state index contributed by atoms with van der Waals surface area (Å²) in [6.45, 7) is 4.91. The van der Waals surface area contributed by atoms with Crippen molar-refractivity contribution in [1.82, 2.24) is 0 Å². The van der Waals surface area contributed by atoms with E-state index >= 15 is 0 Å². The molecular weight excluding hydrogens is 492 g/mol. The number of hydrogen-bond acceptors (Lipinski definition) is 4. The summed E-state index contributed by atoms with van der Waals surface area (Å²) in [5.74, 6) is -0.616. The first kappa shape index (κ1) is 28.3. The molecule has 1 aromatic heterocycles. The van der Waals surface area contributed by atoms with E-state index in [0.717, 1.165) is 42.5 Å². The maximum absolute atomic E-state index is 14.9. The Kier molecular flexibility index (Phi) is 8.94. The number of fused-ring (bicyclic) bond motifs is 1. The zero-order chi connectivity index (χ0) is 27.3. The zero-order valence-corrected chi connectivity index (χ0v) is 24.1. The van der Waals surface area contributed by atoms with Gasteiger partial charge in [0.05, 0.1) is 10.6 Å². The minimum absolute atomic E-state index is 0.0709. The van der Waals surface area contributed by atoms with Crippen LogP contribution in [0.1, 0.15) is 75.0 Å². The Hall–Kier alpha value is -2.70. The molecule has 2 heterocycles. The minimum Gasteiger partial charge on any atom is -0.851 e. The predicted molar refractivity (Wildman–Crippen MR) is 152 cm³/mol. The van der Waals surface area contributed by atoms with Gasteiger partial charge in [0.2, 0.25) is 0 Å². The van der Waals surface area contributed by atoms with Gasteiger partial charge in [0.15, 0.2) is 28.8 Å². The van der Waals surface area contributed by atoms with Crippen molar-refractivity contribution in [2.45, 2.75) is 75.8 Å². The summed E-state index contributed by atoms with van der Waals surface area (Å²) < 4.78 is 30.1. The lowest BCUT2D eigenvalue weighted by atomic mass is 9.68. The molecule has 0 N–H and O–H groups in total. The highest BCUT2D eigenvalue weighted by Gasteiger charge is 2.45. The molecular formula is C32H42N2O3S. The minimum atomic E-state index is -3.64. The van der Waals surface area contributed by atoms with Crippen molar-refractivity contribution in [2.24, 2.45) is 5.41 Å². The Morgan fingerprint density at radius 3 is 2.26 bits per heavy atom. The molecule has 0 fully saturated rings. The molecule has 204 valence electrons. The maximum atomic E-state index is 14.9. The van der Waals surface area contributed by atoms with Gasteiger partial charge in [0.25, 0.3) is 0 Å². The molecule has 3 aromatic rings. The Bertz CT molecular complexity index is 1310. The van der Waals surface area contributed by atoms with Gasteiger partial charge in [-0.25, -0.2) is 13.0 Å². The number of nitrogens with zero attached hydrogens (tertiary/aromatic N) is 2. The van der Waals surface area contributed by atoms with Crippen molar-refractivity contribution < 1.29 is 18.1 Å². The first-order valence-corrected chi connectivity index (χ1v) is 15.6. The first-order chi connectivity index (χ1) is 18.2. The Balaban J connectivity index is 1.92. The third-order valence-electron chi connectivity index (χ3n) is 8.07. The highest BCUT2D eigenvalue weighted by molar-refractivity contribution is 7.91. The molecule has 0 saturated carbocycles. The van der Waals surface area contributed by atoms with E-state index in [-0.39, 0.29) is 5.75 Å². The third-order valence-corrected chi connectivity index (χ3v) is 10.1. The van der Waals surface area contributed by atoms with Crippen LogP contribution in [0.5, 0.6) is 0 Å². The number of unbranched alkanes of at least 4 members (excludes halogenated alkanes) is 2. The number of aromatic nitrogens is 1.